The highest BCUT2D eigenvalue weighted by atomic mass is 35.5. The first-order valence-electron chi connectivity index (χ1n) is 4.85. The number of hydrogen-bond acceptors (Lipinski definition) is 5. The lowest BCUT2D eigenvalue weighted by molar-refractivity contribution is -0.116. The quantitative estimate of drug-likeness (QED) is 0.812. The molecule has 17 heavy (non-hydrogen) atoms. The third-order valence-electron chi connectivity index (χ3n) is 1.91. The Kier molecular flexibility index (Phi) is 3.61. The van der Waals surface area contributed by atoms with Crippen LogP contribution in [-0.4, -0.2) is 30.6 Å². The Morgan fingerprint density at radius 3 is 3.12 bits per heavy atom. The van der Waals surface area contributed by atoms with Crippen molar-refractivity contribution < 1.29 is 4.79 Å². The van der Waals surface area contributed by atoms with Crippen LogP contribution in [0.25, 0.3) is 0 Å². The van der Waals surface area contributed by atoms with Crippen molar-refractivity contribution in [2.24, 2.45) is 0 Å². The number of amides is 1. The molecule has 7 nitrogen and oxygen atoms in total. The highest BCUT2D eigenvalue weighted by molar-refractivity contribution is 6.29. The van der Waals surface area contributed by atoms with Crippen molar-refractivity contribution in [3.63, 3.8) is 0 Å². The van der Waals surface area contributed by atoms with Crippen molar-refractivity contribution in [3.05, 3.63) is 30.1 Å². The molecule has 8 heteroatoms. The van der Waals surface area contributed by atoms with E-state index in [9.17, 15) is 4.79 Å². The zero-order chi connectivity index (χ0) is 12.1. The number of nitrogens with one attached hydrogen (secondary N) is 1. The van der Waals surface area contributed by atoms with E-state index in [1.165, 1.54) is 18.6 Å². The molecule has 2 rings (SSSR count). The van der Waals surface area contributed by atoms with Crippen molar-refractivity contribution >= 4 is 23.5 Å². The van der Waals surface area contributed by atoms with E-state index in [0.29, 0.717) is 6.54 Å². The Hall–Kier alpha value is -2.02. The fourth-order valence-corrected chi connectivity index (χ4v) is 1.28. The van der Waals surface area contributed by atoms with Crippen LogP contribution in [0.5, 0.6) is 0 Å². The number of carbonyl (C=O) groups is 1. The summed E-state index contributed by atoms with van der Waals surface area (Å²) >= 11 is 5.66. The second kappa shape index (κ2) is 5.35. The van der Waals surface area contributed by atoms with Gasteiger partial charge >= 0.3 is 0 Å². The van der Waals surface area contributed by atoms with Gasteiger partial charge in [0.2, 0.25) is 11.9 Å². The van der Waals surface area contributed by atoms with Gasteiger partial charge in [0.15, 0.2) is 0 Å². The highest BCUT2D eigenvalue weighted by Crippen LogP contribution is 2.05. The standard InChI is InChI=1S/C9H9ClN6O/c10-7-1-3-12-9(14-7)15-8(17)2-4-16-6-11-5-13-16/h1,3,5-6H,2,4H2,(H,12,14,15,17). The van der Waals surface area contributed by atoms with E-state index in [2.05, 4.69) is 25.4 Å². The summed E-state index contributed by atoms with van der Waals surface area (Å²) in [5.41, 5.74) is 0. The van der Waals surface area contributed by atoms with Crippen LogP contribution in [-0.2, 0) is 11.3 Å². The first-order valence-corrected chi connectivity index (χ1v) is 5.22. The number of rotatable bonds is 4. The van der Waals surface area contributed by atoms with Crippen molar-refractivity contribution in [2.75, 3.05) is 5.32 Å². The number of aryl methyl sites for hydroxylation is 1. The van der Waals surface area contributed by atoms with Crippen LogP contribution >= 0.6 is 11.6 Å². The average Bonchev–Trinajstić information content (AvgIpc) is 2.79. The molecule has 0 aromatic carbocycles. The monoisotopic (exact) mass is 252 g/mol. The van der Waals surface area contributed by atoms with E-state index in [1.807, 2.05) is 0 Å². The molecule has 0 fully saturated rings. The van der Waals surface area contributed by atoms with Gasteiger partial charge in [0.1, 0.15) is 17.8 Å². The molecule has 0 spiro atoms. The Balaban J connectivity index is 1.85. The normalized spacial score (nSPS) is 10.2. The molecule has 1 amide bonds. The van der Waals surface area contributed by atoms with Gasteiger partial charge in [0.25, 0.3) is 0 Å². The van der Waals surface area contributed by atoms with E-state index in [-0.39, 0.29) is 23.4 Å². The molecule has 0 saturated heterocycles. The molecule has 0 atom stereocenters. The molecule has 0 aliphatic rings. The van der Waals surface area contributed by atoms with E-state index in [0.717, 1.165) is 0 Å². The number of aromatic nitrogens is 5. The molecule has 1 N–H and O–H groups in total. The van der Waals surface area contributed by atoms with E-state index in [4.69, 9.17) is 11.6 Å². The highest BCUT2D eigenvalue weighted by Gasteiger charge is 2.05. The van der Waals surface area contributed by atoms with Crippen LogP contribution in [0.4, 0.5) is 5.95 Å². The Morgan fingerprint density at radius 1 is 1.53 bits per heavy atom. The molecule has 0 radical (unpaired) electrons. The van der Waals surface area contributed by atoms with Gasteiger partial charge in [-0.1, -0.05) is 11.6 Å². The summed E-state index contributed by atoms with van der Waals surface area (Å²) in [5.74, 6) is -0.0103. The van der Waals surface area contributed by atoms with Crippen molar-refractivity contribution in [2.45, 2.75) is 13.0 Å². The zero-order valence-corrected chi connectivity index (χ0v) is 9.50. The average molecular weight is 253 g/mol. The van der Waals surface area contributed by atoms with Crippen molar-refractivity contribution in [1.29, 1.82) is 0 Å². The Bertz CT molecular complexity index is 500. The smallest absolute Gasteiger partial charge is 0.230 e. The topological polar surface area (TPSA) is 85.6 Å². The zero-order valence-electron chi connectivity index (χ0n) is 8.75. The van der Waals surface area contributed by atoms with Gasteiger partial charge in [-0.05, 0) is 6.07 Å². The minimum atomic E-state index is -0.206. The summed E-state index contributed by atoms with van der Waals surface area (Å²) in [6.45, 7) is 0.451. The maximum atomic E-state index is 11.5. The van der Waals surface area contributed by atoms with Gasteiger partial charge in [0, 0.05) is 12.6 Å². The number of carbonyl (C=O) groups excluding carboxylic acids is 1. The molecule has 0 saturated carbocycles. The molecule has 0 aliphatic heterocycles. The third kappa shape index (κ3) is 3.49. The van der Waals surface area contributed by atoms with Crippen LogP contribution in [0.3, 0.4) is 0 Å². The molecular formula is C9H9ClN6O. The number of halogens is 1. The van der Waals surface area contributed by atoms with E-state index in [1.54, 1.807) is 11.0 Å². The maximum Gasteiger partial charge on any atom is 0.230 e. The first-order chi connectivity index (χ1) is 8.24. The van der Waals surface area contributed by atoms with Crippen LogP contribution in [0, 0.1) is 0 Å². The number of nitrogens with zero attached hydrogens (tertiary/aromatic N) is 5. The van der Waals surface area contributed by atoms with Crippen molar-refractivity contribution in [1.82, 2.24) is 24.7 Å². The lowest BCUT2D eigenvalue weighted by Crippen LogP contribution is -2.16. The molecule has 88 valence electrons. The van der Waals surface area contributed by atoms with E-state index >= 15 is 0 Å². The Labute approximate surface area is 102 Å². The summed E-state index contributed by atoms with van der Waals surface area (Å²) in [6.07, 6.45) is 4.70. The van der Waals surface area contributed by atoms with E-state index < -0.39 is 0 Å². The molecular weight excluding hydrogens is 244 g/mol. The number of anilines is 1. The SMILES string of the molecule is O=C(CCn1cncn1)Nc1nccc(Cl)n1. The first kappa shape index (κ1) is 11.5. The third-order valence-corrected chi connectivity index (χ3v) is 2.12. The predicted molar refractivity (Wildman–Crippen MR) is 60.3 cm³/mol. The summed E-state index contributed by atoms with van der Waals surface area (Å²) in [7, 11) is 0. The van der Waals surface area contributed by atoms with Gasteiger partial charge in [-0.25, -0.2) is 15.0 Å². The predicted octanol–water partition coefficient (Wildman–Crippen LogP) is 0.750. The minimum Gasteiger partial charge on any atom is -0.294 e. The molecule has 0 unspecified atom stereocenters. The molecule has 2 heterocycles. The van der Waals surface area contributed by atoms with Crippen LogP contribution in [0.2, 0.25) is 5.15 Å². The van der Waals surface area contributed by atoms with Crippen LogP contribution < -0.4 is 5.32 Å². The lowest BCUT2D eigenvalue weighted by atomic mass is 10.4. The van der Waals surface area contributed by atoms with Gasteiger partial charge in [-0.2, -0.15) is 5.10 Å². The van der Waals surface area contributed by atoms with Gasteiger partial charge in [-0.15, -0.1) is 0 Å². The Morgan fingerprint density at radius 2 is 2.41 bits per heavy atom. The lowest BCUT2D eigenvalue weighted by Gasteiger charge is -2.03. The molecule has 2 aromatic heterocycles. The summed E-state index contributed by atoms with van der Waals surface area (Å²) < 4.78 is 1.57. The number of hydrogen-bond donors (Lipinski definition) is 1. The fourth-order valence-electron chi connectivity index (χ4n) is 1.15. The summed E-state index contributed by atoms with van der Waals surface area (Å²) in [4.78, 5) is 23.0. The maximum absolute atomic E-state index is 11.5. The second-order valence-electron chi connectivity index (χ2n) is 3.16. The summed E-state index contributed by atoms with van der Waals surface area (Å²) in [5, 5.41) is 6.70. The van der Waals surface area contributed by atoms with Crippen LogP contribution in [0.1, 0.15) is 6.42 Å². The minimum absolute atomic E-state index is 0.195. The van der Waals surface area contributed by atoms with Crippen molar-refractivity contribution in [3.8, 4) is 0 Å². The van der Waals surface area contributed by atoms with Crippen LogP contribution in [0.15, 0.2) is 24.9 Å². The van der Waals surface area contributed by atoms with Gasteiger partial charge < -0.3 is 0 Å². The second-order valence-corrected chi connectivity index (χ2v) is 3.55. The summed E-state index contributed by atoms with van der Waals surface area (Å²) in [6, 6.07) is 1.53. The molecule has 0 bridgehead atoms. The fraction of sp³-hybridized carbons (Fsp3) is 0.222. The molecule has 0 aliphatic carbocycles. The van der Waals surface area contributed by atoms with Gasteiger partial charge in [-0.3, -0.25) is 14.8 Å². The largest absolute Gasteiger partial charge is 0.294 e. The van der Waals surface area contributed by atoms with Gasteiger partial charge in [0.05, 0.1) is 6.54 Å². The molecule has 2 aromatic rings.